The molecule has 0 spiro atoms. The summed E-state index contributed by atoms with van der Waals surface area (Å²) in [7, 11) is 3.84. The van der Waals surface area contributed by atoms with Gasteiger partial charge in [0.1, 0.15) is 5.75 Å². The van der Waals surface area contributed by atoms with E-state index in [4.69, 9.17) is 16.3 Å². The number of nitrogens with zero attached hydrogens (tertiary/aromatic N) is 1. The molecule has 0 atom stereocenters. The zero-order chi connectivity index (χ0) is 13.7. The van der Waals surface area contributed by atoms with Gasteiger partial charge in [-0.2, -0.15) is 0 Å². The smallest absolute Gasteiger partial charge is 0.137 e. The number of piperidine rings is 1. The van der Waals surface area contributed by atoms with Crippen LogP contribution in [0.5, 0.6) is 5.75 Å². The van der Waals surface area contributed by atoms with Crippen LogP contribution in [0.3, 0.4) is 0 Å². The fourth-order valence-corrected chi connectivity index (χ4v) is 2.79. The second kappa shape index (κ2) is 7.13. The van der Waals surface area contributed by atoms with Crippen LogP contribution in [0, 0.1) is 5.92 Å². The second-order valence-corrected chi connectivity index (χ2v) is 5.75. The standard InChI is InChI=1S/C15H23ClN2O/c1-18-7-5-12(6-8-18)10-17-11-13-3-4-15(19-2)14(16)9-13/h3-4,9,12,17H,5-8,10-11H2,1-2H3. The highest BCUT2D eigenvalue weighted by Crippen LogP contribution is 2.24. The summed E-state index contributed by atoms with van der Waals surface area (Å²) < 4.78 is 5.15. The Bertz CT molecular complexity index is 403. The molecule has 2 rings (SSSR count). The molecule has 1 aromatic rings. The minimum atomic E-state index is 0.682. The molecule has 0 unspecified atom stereocenters. The van der Waals surface area contributed by atoms with Crippen LogP contribution in [-0.4, -0.2) is 38.7 Å². The first-order valence-electron chi connectivity index (χ1n) is 6.90. The van der Waals surface area contributed by atoms with E-state index in [0.717, 1.165) is 24.8 Å². The van der Waals surface area contributed by atoms with Crippen molar-refractivity contribution in [1.29, 1.82) is 0 Å². The van der Waals surface area contributed by atoms with Gasteiger partial charge < -0.3 is 15.0 Å². The summed E-state index contributed by atoms with van der Waals surface area (Å²) in [6, 6.07) is 5.96. The van der Waals surface area contributed by atoms with Crippen molar-refractivity contribution < 1.29 is 4.74 Å². The lowest BCUT2D eigenvalue weighted by Gasteiger charge is -2.29. The van der Waals surface area contributed by atoms with Gasteiger partial charge in [0.25, 0.3) is 0 Å². The lowest BCUT2D eigenvalue weighted by atomic mass is 9.97. The summed E-state index contributed by atoms with van der Waals surface area (Å²) in [5, 5.41) is 4.21. The van der Waals surface area contributed by atoms with Crippen LogP contribution >= 0.6 is 11.6 Å². The van der Waals surface area contributed by atoms with Crippen LogP contribution in [0.2, 0.25) is 5.02 Å². The van der Waals surface area contributed by atoms with Crippen LogP contribution < -0.4 is 10.1 Å². The van der Waals surface area contributed by atoms with E-state index in [1.165, 1.54) is 31.5 Å². The Labute approximate surface area is 120 Å². The molecule has 4 heteroatoms. The van der Waals surface area contributed by atoms with Crippen molar-refractivity contribution in [1.82, 2.24) is 10.2 Å². The average molecular weight is 283 g/mol. The van der Waals surface area contributed by atoms with Crippen molar-refractivity contribution >= 4 is 11.6 Å². The number of methoxy groups -OCH3 is 1. The molecule has 1 saturated heterocycles. The Morgan fingerprint density at radius 3 is 2.74 bits per heavy atom. The Kier molecular flexibility index (Phi) is 5.49. The van der Waals surface area contributed by atoms with Gasteiger partial charge in [-0.3, -0.25) is 0 Å². The van der Waals surface area contributed by atoms with E-state index in [1.54, 1.807) is 7.11 Å². The summed E-state index contributed by atoms with van der Waals surface area (Å²) in [4.78, 5) is 2.40. The van der Waals surface area contributed by atoms with Gasteiger partial charge in [-0.1, -0.05) is 17.7 Å². The summed E-state index contributed by atoms with van der Waals surface area (Å²) in [5.41, 5.74) is 1.21. The van der Waals surface area contributed by atoms with E-state index in [2.05, 4.69) is 23.3 Å². The van der Waals surface area contributed by atoms with Crippen molar-refractivity contribution in [3.05, 3.63) is 28.8 Å². The minimum absolute atomic E-state index is 0.682. The van der Waals surface area contributed by atoms with Gasteiger partial charge in [-0.05, 0) is 63.1 Å². The summed E-state index contributed by atoms with van der Waals surface area (Å²) in [5.74, 6) is 1.55. The summed E-state index contributed by atoms with van der Waals surface area (Å²) >= 11 is 6.11. The van der Waals surface area contributed by atoms with Crippen LogP contribution in [0.25, 0.3) is 0 Å². The Hall–Kier alpha value is -0.770. The average Bonchev–Trinajstić information content (AvgIpc) is 2.41. The molecular weight excluding hydrogens is 260 g/mol. The highest BCUT2D eigenvalue weighted by atomic mass is 35.5. The monoisotopic (exact) mass is 282 g/mol. The molecule has 0 radical (unpaired) electrons. The second-order valence-electron chi connectivity index (χ2n) is 5.35. The molecule has 1 aliphatic heterocycles. The van der Waals surface area contributed by atoms with Gasteiger partial charge in [0.15, 0.2) is 0 Å². The predicted molar refractivity (Wildman–Crippen MR) is 79.9 cm³/mol. The molecule has 1 fully saturated rings. The van der Waals surface area contributed by atoms with Crippen molar-refractivity contribution in [2.75, 3.05) is 33.8 Å². The number of ether oxygens (including phenoxy) is 1. The Balaban J connectivity index is 1.75. The molecular formula is C15H23ClN2O. The highest BCUT2D eigenvalue weighted by Gasteiger charge is 2.15. The molecule has 0 aromatic heterocycles. The maximum absolute atomic E-state index is 6.11. The Morgan fingerprint density at radius 2 is 2.11 bits per heavy atom. The molecule has 0 bridgehead atoms. The molecule has 3 nitrogen and oxygen atoms in total. The van der Waals surface area contributed by atoms with Crippen molar-refractivity contribution in [3.8, 4) is 5.75 Å². The Morgan fingerprint density at radius 1 is 1.37 bits per heavy atom. The fraction of sp³-hybridized carbons (Fsp3) is 0.600. The van der Waals surface area contributed by atoms with Gasteiger partial charge in [0.05, 0.1) is 12.1 Å². The van der Waals surface area contributed by atoms with Gasteiger partial charge in [0.2, 0.25) is 0 Å². The zero-order valence-electron chi connectivity index (χ0n) is 11.8. The molecule has 0 aliphatic carbocycles. The van der Waals surface area contributed by atoms with Gasteiger partial charge in [-0.25, -0.2) is 0 Å². The lowest BCUT2D eigenvalue weighted by molar-refractivity contribution is 0.216. The molecule has 1 heterocycles. The third kappa shape index (κ3) is 4.37. The van der Waals surface area contributed by atoms with Crippen molar-refractivity contribution in [2.24, 2.45) is 5.92 Å². The highest BCUT2D eigenvalue weighted by molar-refractivity contribution is 6.32. The lowest BCUT2D eigenvalue weighted by Crippen LogP contribution is -2.34. The predicted octanol–water partition coefficient (Wildman–Crippen LogP) is 2.78. The third-order valence-electron chi connectivity index (χ3n) is 3.82. The van der Waals surface area contributed by atoms with Crippen LogP contribution in [0.4, 0.5) is 0 Å². The maximum atomic E-state index is 6.11. The first-order chi connectivity index (χ1) is 9.19. The fourth-order valence-electron chi connectivity index (χ4n) is 2.51. The normalized spacial score (nSPS) is 17.6. The topological polar surface area (TPSA) is 24.5 Å². The van der Waals surface area contributed by atoms with E-state index in [1.807, 2.05) is 12.1 Å². The third-order valence-corrected chi connectivity index (χ3v) is 4.11. The number of hydrogen-bond donors (Lipinski definition) is 1. The molecule has 1 aliphatic rings. The number of hydrogen-bond acceptors (Lipinski definition) is 3. The quantitative estimate of drug-likeness (QED) is 0.899. The maximum Gasteiger partial charge on any atom is 0.137 e. The first-order valence-corrected chi connectivity index (χ1v) is 7.28. The number of likely N-dealkylation sites (tertiary alicyclic amines) is 1. The van der Waals surface area contributed by atoms with Gasteiger partial charge in [0, 0.05) is 6.54 Å². The zero-order valence-corrected chi connectivity index (χ0v) is 12.5. The molecule has 0 amide bonds. The molecule has 1 aromatic carbocycles. The van der Waals surface area contributed by atoms with E-state index in [-0.39, 0.29) is 0 Å². The molecule has 0 saturated carbocycles. The van der Waals surface area contributed by atoms with Gasteiger partial charge >= 0.3 is 0 Å². The first kappa shape index (κ1) is 14.6. The number of rotatable bonds is 5. The number of nitrogens with one attached hydrogen (secondary N) is 1. The molecule has 106 valence electrons. The van der Waals surface area contributed by atoms with Crippen molar-refractivity contribution in [3.63, 3.8) is 0 Å². The number of halogens is 1. The summed E-state index contributed by atoms with van der Waals surface area (Å²) in [6.45, 7) is 4.41. The molecule has 1 N–H and O–H groups in total. The van der Waals surface area contributed by atoms with Crippen LogP contribution in [-0.2, 0) is 6.54 Å². The van der Waals surface area contributed by atoms with E-state index >= 15 is 0 Å². The van der Waals surface area contributed by atoms with E-state index in [9.17, 15) is 0 Å². The van der Waals surface area contributed by atoms with Crippen LogP contribution in [0.1, 0.15) is 18.4 Å². The SMILES string of the molecule is COc1ccc(CNCC2CCN(C)CC2)cc1Cl. The largest absolute Gasteiger partial charge is 0.495 e. The summed E-state index contributed by atoms with van der Waals surface area (Å²) in [6.07, 6.45) is 2.60. The van der Waals surface area contributed by atoms with Crippen LogP contribution in [0.15, 0.2) is 18.2 Å². The van der Waals surface area contributed by atoms with E-state index in [0.29, 0.717) is 5.02 Å². The van der Waals surface area contributed by atoms with Gasteiger partial charge in [-0.15, -0.1) is 0 Å². The number of benzene rings is 1. The van der Waals surface area contributed by atoms with E-state index < -0.39 is 0 Å². The van der Waals surface area contributed by atoms with Crippen molar-refractivity contribution in [2.45, 2.75) is 19.4 Å². The minimum Gasteiger partial charge on any atom is -0.495 e. The molecule has 19 heavy (non-hydrogen) atoms.